The van der Waals surface area contributed by atoms with E-state index >= 15 is 4.39 Å². The van der Waals surface area contributed by atoms with Crippen LogP contribution in [0.1, 0.15) is 91.8 Å². The SMILES string of the molecule is CCOC(=O)Cc1c(C)c2c(c(C)c1-c1cc(F)c3c(c1C)CCCO3)CN(C1CCC(C)(C)CC1)CC2. The Kier molecular flexibility index (Phi) is 7.61. The van der Waals surface area contributed by atoms with Crippen molar-refractivity contribution in [1.29, 1.82) is 0 Å². The molecule has 2 aromatic rings. The van der Waals surface area contributed by atoms with Gasteiger partial charge in [-0.25, -0.2) is 4.39 Å². The molecule has 0 amide bonds. The Morgan fingerprint density at radius 3 is 2.53 bits per heavy atom. The summed E-state index contributed by atoms with van der Waals surface area (Å²) < 4.78 is 26.6. The monoisotopic (exact) mass is 521 g/mol. The van der Waals surface area contributed by atoms with Crippen LogP contribution in [0.25, 0.3) is 11.1 Å². The molecule has 0 aromatic heterocycles. The summed E-state index contributed by atoms with van der Waals surface area (Å²) >= 11 is 0. The van der Waals surface area contributed by atoms with Crippen LogP contribution in [0.4, 0.5) is 4.39 Å². The fraction of sp³-hybridized carbons (Fsp3) is 0.606. The van der Waals surface area contributed by atoms with E-state index in [0.29, 0.717) is 30.4 Å². The molecular weight excluding hydrogens is 477 g/mol. The van der Waals surface area contributed by atoms with E-state index in [9.17, 15) is 4.79 Å². The van der Waals surface area contributed by atoms with Gasteiger partial charge in [-0.15, -0.1) is 0 Å². The molecule has 5 rings (SSSR count). The van der Waals surface area contributed by atoms with E-state index in [1.54, 1.807) is 6.07 Å². The molecule has 0 unspecified atom stereocenters. The van der Waals surface area contributed by atoms with Gasteiger partial charge >= 0.3 is 5.97 Å². The van der Waals surface area contributed by atoms with Gasteiger partial charge in [-0.3, -0.25) is 9.69 Å². The van der Waals surface area contributed by atoms with Crippen molar-refractivity contribution in [2.24, 2.45) is 5.41 Å². The fourth-order valence-corrected chi connectivity index (χ4v) is 7.21. The highest BCUT2D eigenvalue weighted by Gasteiger charge is 2.34. The molecule has 5 heteroatoms. The van der Waals surface area contributed by atoms with E-state index in [0.717, 1.165) is 60.2 Å². The van der Waals surface area contributed by atoms with Gasteiger partial charge in [0.25, 0.3) is 0 Å². The van der Waals surface area contributed by atoms with Gasteiger partial charge in [0.2, 0.25) is 0 Å². The standard InChI is InChI=1S/C33H44FNO3/c1-7-37-30(36)18-27-20(2)24-12-15-35(23-10-13-33(5,6)14-11-23)19-28(24)22(4)31(27)26-17-29(34)32-25(21(26)3)9-8-16-38-32/h17,23H,7-16,18-19H2,1-6H3. The maximum absolute atomic E-state index is 15.4. The summed E-state index contributed by atoms with van der Waals surface area (Å²) in [7, 11) is 0. The first-order valence-corrected chi connectivity index (χ1v) is 14.6. The second-order valence-corrected chi connectivity index (χ2v) is 12.4. The molecule has 3 aliphatic rings. The highest BCUT2D eigenvalue weighted by Crippen LogP contribution is 2.44. The predicted molar refractivity (Wildman–Crippen MR) is 150 cm³/mol. The molecule has 1 saturated carbocycles. The molecule has 1 fully saturated rings. The van der Waals surface area contributed by atoms with Gasteiger partial charge < -0.3 is 9.47 Å². The molecule has 4 nitrogen and oxygen atoms in total. The Morgan fingerprint density at radius 2 is 1.82 bits per heavy atom. The van der Waals surface area contributed by atoms with E-state index in [2.05, 4.69) is 39.5 Å². The number of halogens is 1. The summed E-state index contributed by atoms with van der Waals surface area (Å²) in [6.07, 6.45) is 7.96. The molecular formula is C33H44FNO3. The first-order valence-electron chi connectivity index (χ1n) is 14.6. The normalized spacial score (nSPS) is 19.4. The summed E-state index contributed by atoms with van der Waals surface area (Å²) in [6, 6.07) is 2.27. The van der Waals surface area contributed by atoms with Crippen LogP contribution in [0.5, 0.6) is 5.75 Å². The van der Waals surface area contributed by atoms with Crippen molar-refractivity contribution in [2.45, 2.75) is 105 Å². The van der Waals surface area contributed by atoms with Crippen molar-refractivity contribution >= 4 is 5.97 Å². The fourth-order valence-electron chi connectivity index (χ4n) is 7.21. The van der Waals surface area contributed by atoms with Crippen LogP contribution in [0.15, 0.2) is 6.07 Å². The molecule has 0 radical (unpaired) electrons. The molecule has 38 heavy (non-hydrogen) atoms. The molecule has 0 spiro atoms. The zero-order valence-electron chi connectivity index (χ0n) is 24.2. The first-order chi connectivity index (χ1) is 18.1. The quantitative estimate of drug-likeness (QED) is 0.391. The number of rotatable bonds is 5. The average molecular weight is 522 g/mol. The number of hydrogen-bond acceptors (Lipinski definition) is 4. The summed E-state index contributed by atoms with van der Waals surface area (Å²) in [6.45, 7) is 15.9. The van der Waals surface area contributed by atoms with Crippen molar-refractivity contribution in [2.75, 3.05) is 19.8 Å². The lowest BCUT2D eigenvalue weighted by Crippen LogP contribution is -2.43. The second-order valence-electron chi connectivity index (χ2n) is 12.4. The van der Waals surface area contributed by atoms with Crippen LogP contribution in [0, 0.1) is 32.0 Å². The maximum Gasteiger partial charge on any atom is 0.310 e. The third-order valence-corrected chi connectivity index (χ3v) is 9.57. The van der Waals surface area contributed by atoms with Crippen molar-refractivity contribution in [3.63, 3.8) is 0 Å². The molecule has 0 N–H and O–H groups in total. The Balaban J connectivity index is 1.62. The highest BCUT2D eigenvalue weighted by molar-refractivity contribution is 5.84. The topological polar surface area (TPSA) is 38.8 Å². The minimum absolute atomic E-state index is 0.208. The van der Waals surface area contributed by atoms with Crippen LogP contribution in [0.3, 0.4) is 0 Å². The number of fused-ring (bicyclic) bond motifs is 2. The van der Waals surface area contributed by atoms with Gasteiger partial charge in [0.15, 0.2) is 11.6 Å². The van der Waals surface area contributed by atoms with Crippen molar-refractivity contribution in [1.82, 2.24) is 4.90 Å². The molecule has 1 aliphatic carbocycles. The highest BCUT2D eigenvalue weighted by atomic mass is 19.1. The van der Waals surface area contributed by atoms with Crippen molar-refractivity contribution < 1.29 is 18.7 Å². The average Bonchev–Trinajstić information content (AvgIpc) is 2.89. The van der Waals surface area contributed by atoms with Gasteiger partial charge in [0, 0.05) is 24.7 Å². The minimum Gasteiger partial charge on any atom is -0.490 e. The summed E-state index contributed by atoms with van der Waals surface area (Å²) in [4.78, 5) is 15.5. The number of benzene rings is 2. The molecule has 2 heterocycles. The zero-order chi connectivity index (χ0) is 27.2. The van der Waals surface area contributed by atoms with E-state index < -0.39 is 0 Å². The van der Waals surface area contributed by atoms with Crippen molar-refractivity contribution in [3.8, 4) is 16.9 Å². The molecule has 0 saturated heterocycles. The summed E-state index contributed by atoms with van der Waals surface area (Å²) in [5.74, 6) is -0.121. The number of hydrogen-bond donors (Lipinski definition) is 0. The smallest absolute Gasteiger partial charge is 0.310 e. The van der Waals surface area contributed by atoms with E-state index in [4.69, 9.17) is 9.47 Å². The lowest BCUT2D eigenvalue weighted by molar-refractivity contribution is -0.142. The summed E-state index contributed by atoms with van der Waals surface area (Å²) in [5.41, 5.74) is 10.5. The van der Waals surface area contributed by atoms with Gasteiger partial charge in [-0.1, -0.05) is 13.8 Å². The predicted octanol–water partition coefficient (Wildman–Crippen LogP) is 7.18. The van der Waals surface area contributed by atoms with Crippen LogP contribution < -0.4 is 4.74 Å². The van der Waals surface area contributed by atoms with Gasteiger partial charge in [0.1, 0.15) is 0 Å². The molecule has 2 aliphatic heterocycles. The number of carbonyl (C=O) groups is 1. The van der Waals surface area contributed by atoms with Gasteiger partial charge in [-0.2, -0.15) is 0 Å². The van der Waals surface area contributed by atoms with E-state index in [1.807, 2.05) is 6.92 Å². The van der Waals surface area contributed by atoms with Crippen LogP contribution in [-0.4, -0.2) is 36.7 Å². The van der Waals surface area contributed by atoms with Gasteiger partial charge in [0.05, 0.1) is 19.6 Å². The molecule has 0 atom stereocenters. The third-order valence-electron chi connectivity index (χ3n) is 9.57. The van der Waals surface area contributed by atoms with Crippen LogP contribution in [-0.2, 0) is 35.3 Å². The second kappa shape index (κ2) is 10.6. The Bertz CT molecular complexity index is 1240. The number of esters is 1. The first kappa shape index (κ1) is 27.2. The largest absolute Gasteiger partial charge is 0.490 e. The Labute approximate surface area is 227 Å². The Hall–Kier alpha value is -2.40. The zero-order valence-corrected chi connectivity index (χ0v) is 24.2. The molecule has 206 valence electrons. The third kappa shape index (κ3) is 4.99. The maximum atomic E-state index is 15.4. The lowest BCUT2D eigenvalue weighted by atomic mass is 9.74. The number of ether oxygens (including phenoxy) is 2. The lowest BCUT2D eigenvalue weighted by Gasteiger charge is -2.43. The minimum atomic E-state index is -0.302. The van der Waals surface area contributed by atoms with Crippen molar-refractivity contribution in [3.05, 3.63) is 50.8 Å². The summed E-state index contributed by atoms with van der Waals surface area (Å²) in [5, 5.41) is 0. The Morgan fingerprint density at radius 1 is 1.08 bits per heavy atom. The number of carbonyl (C=O) groups excluding carboxylic acids is 1. The van der Waals surface area contributed by atoms with Gasteiger partial charge in [-0.05, 0) is 129 Å². The molecule has 0 bridgehead atoms. The van der Waals surface area contributed by atoms with E-state index in [1.165, 1.54) is 47.9 Å². The van der Waals surface area contributed by atoms with Crippen LogP contribution >= 0.6 is 0 Å². The van der Waals surface area contributed by atoms with E-state index in [-0.39, 0.29) is 18.2 Å². The number of nitrogens with zero attached hydrogens (tertiary/aromatic N) is 1. The molecule has 2 aromatic carbocycles. The van der Waals surface area contributed by atoms with Crippen LogP contribution in [0.2, 0.25) is 0 Å².